The number of nitro groups is 1. The second-order valence-electron chi connectivity index (χ2n) is 5.89. The number of amidine groups is 1. The Hall–Kier alpha value is -3.25. The van der Waals surface area contributed by atoms with E-state index in [2.05, 4.69) is 9.71 Å². The summed E-state index contributed by atoms with van der Waals surface area (Å²) in [7, 11) is -3.51. The first kappa shape index (κ1) is 20.5. The van der Waals surface area contributed by atoms with Crippen LogP contribution in [0.15, 0.2) is 46.5 Å². The van der Waals surface area contributed by atoms with E-state index in [0.29, 0.717) is 0 Å². The van der Waals surface area contributed by atoms with Gasteiger partial charge in [-0.25, -0.2) is 13.2 Å². The van der Waals surface area contributed by atoms with Gasteiger partial charge in [0.15, 0.2) is 6.61 Å². The summed E-state index contributed by atoms with van der Waals surface area (Å²) < 4.78 is 31.4. The molecule has 2 aliphatic heterocycles. The van der Waals surface area contributed by atoms with Crippen LogP contribution in [0.3, 0.4) is 0 Å². The Morgan fingerprint density at radius 2 is 2.10 bits per heavy atom. The van der Waals surface area contributed by atoms with Crippen LogP contribution in [-0.4, -0.2) is 54.9 Å². The van der Waals surface area contributed by atoms with E-state index < -0.39 is 39.1 Å². The Bertz CT molecular complexity index is 1090. The number of hydrogen-bond acceptors (Lipinski definition) is 8. The fourth-order valence-corrected chi connectivity index (χ4v) is 3.62. The van der Waals surface area contributed by atoms with Gasteiger partial charge in [-0.3, -0.25) is 14.9 Å². The SMILES string of the molecule is O=C(COC(=O)C1=CN2CCS(=O)(=O)N=C2C=C1)Nc1ccc(Cl)cc1[N+](=O)[O-]. The number of amides is 1. The smallest absolute Gasteiger partial charge is 0.340 e. The summed E-state index contributed by atoms with van der Waals surface area (Å²) in [4.78, 5) is 35.9. The molecule has 3 rings (SSSR count). The normalized spacial score (nSPS) is 16.9. The first-order valence-corrected chi connectivity index (χ1v) is 10.0. The number of carbonyl (C=O) groups is 2. The summed E-state index contributed by atoms with van der Waals surface area (Å²) in [5.41, 5.74) is -0.400. The van der Waals surface area contributed by atoms with Crippen LogP contribution in [0.1, 0.15) is 0 Å². The van der Waals surface area contributed by atoms with Crippen LogP contribution in [0.25, 0.3) is 0 Å². The van der Waals surface area contributed by atoms with E-state index in [1.54, 1.807) is 0 Å². The number of fused-ring (bicyclic) bond motifs is 1. The minimum atomic E-state index is -3.51. The van der Waals surface area contributed by atoms with E-state index in [9.17, 15) is 28.1 Å². The van der Waals surface area contributed by atoms with Gasteiger partial charge in [0, 0.05) is 23.8 Å². The number of hydrogen-bond donors (Lipinski definition) is 1. The quantitative estimate of drug-likeness (QED) is 0.408. The van der Waals surface area contributed by atoms with Gasteiger partial charge < -0.3 is 15.0 Å². The molecule has 2 aliphatic rings. The maximum atomic E-state index is 12.1. The van der Waals surface area contributed by atoms with Crippen molar-refractivity contribution in [2.45, 2.75) is 0 Å². The van der Waals surface area contributed by atoms with Gasteiger partial charge in [-0.15, -0.1) is 4.40 Å². The van der Waals surface area contributed by atoms with Crippen LogP contribution in [0.4, 0.5) is 11.4 Å². The number of sulfonamides is 1. The molecule has 0 unspecified atom stereocenters. The number of nitro benzene ring substituents is 1. The lowest BCUT2D eigenvalue weighted by atomic mass is 10.2. The van der Waals surface area contributed by atoms with Gasteiger partial charge in [0.05, 0.1) is 16.2 Å². The van der Waals surface area contributed by atoms with Gasteiger partial charge in [0.1, 0.15) is 11.5 Å². The van der Waals surface area contributed by atoms with Crippen molar-refractivity contribution in [1.82, 2.24) is 4.90 Å². The van der Waals surface area contributed by atoms with Crippen LogP contribution >= 0.6 is 11.6 Å². The molecule has 0 aromatic heterocycles. The topological polar surface area (TPSA) is 148 Å². The second kappa shape index (κ2) is 8.01. The molecule has 152 valence electrons. The van der Waals surface area contributed by atoms with E-state index in [1.165, 1.54) is 35.4 Å². The number of halogens is 1. The number of nitrogens with zero attached hydrogens (tertiary/aromatic N) is 3. The van der Waals surface area contributed by atoms with Crippen LogP contribution in [0.2, 0.25) is 5.02 Å². The lowest BCUT2D eigenvalue weighted by Gasteiger charge is -2.26. The number of benzene rings is 1. The summed E-state index contributed by atoms with van der Waals surface area (Å²) in [6.07, 6.45) is 4.04. The van der Waals surface area contributed by atoms with Crippen molar-refractivity contribution in [3.63, 3.8) is 0 Å². The summed E-state index contributed by atoms with van der Waals surface area (Å²) >= 11 is 5.71. The molecule has 0 spiro atoms. The van der Waals surface area contributed by atoms with Gasteiger partial charge in [-0.2, -0.15) is 0 Å². The van der Waals surface area contributed by atoms with Crippen molar-refractivity contribution in [3.05, 3.63) is 57.3 Å². The molecule has 0 bridgehead atoms. The third-order valence-corrected chi connectivity index (χ3v) is 5.22. The molecule has 0 saturated carbocycles. The Labute approximate surface area is 169 Å². The first-order chi connectivity index (χ1) is 13.6. The fourth-order valence-electron chi connectivity index (χ4n) is 2.48. The molecular formula is C16H13ClN4O7S. The maximum absolute atomic E-state index is 12.1. The first-order valence-electron chi connectivity index (χ1n) is 8.05. The molecule has 1 N–H and O–H groups in total. The molecule has 0 atom stereocenters. The van der Waals surface area contributed by atoms with Gasteiger partial charge in [-0.1, -0.05) is 11.6 Å². The van der Waals surface area contributed by atoms with Gasteiger partial charge >= 0.3 is 5.97 Å². The molecule has 0 radical (unpaired) electrons. The summed E-state index contributed by atoms with van der Waals surface area (Å²) in [5, 5.41) is 13.4. The van der Waals surface area contributed by atoms with Gasteiger partial charge in [0.25, 0.3) is 21.6 Å². The molecular weight excluding hydrogens is 428 g/mol. The molecule has 0 saturated heterocycles. The Balaban J connectivity index is 1.61. The molecule has 1 amide bonds. The fraction of sp³-hybridized carbons (Fsp3) is 0.188. The predicted octanol–water partition coefficient (Wildman–Crippen LogP) is 1.23. The highest BCUT2D eigenvalue weighted by molar-refractivity contribution is 7.90. The maximum Gasteiger partial charge on any atom is 0.340 e. The third kappa shape index (κ3) is 4.97. The van der Waals surface area contributed by atoms with Crippen LogP contribution in [-0.2, 0) is 24.3 Å². The third-order valence-electron chi connectivity index (χ3n) is 3.82. The lowest BCUT2D eigenvalue weighted by Crippen LogP contribution is -2.37. The lowest BCUT2D eigenvalue weighted by molar-refractivity contribution is -0.383. The number of carbonyl (C=O) groups excluding carboxylic acids is 2. The zero-order valence-electron chi connectivity index (χ0n) is 14.6. The zero-order valence-corrected chi connectivity index (χ0v) is 16.1. The van der Waals surface area contributed by atoms with Crippen LogP contribution < -0.4 is 5.32 Å². The van der Waals surface area contributed by atoms with Crippen molar-refractivity contribution < 1.29 is 27.7 Å². The summed E-state index contributed by atoms with van der Waals surface area (Å²) in [6.45, 7) is -0.553. The average Bonchev–Trinajstić information content (AvgIpc) is 2.66. The highest BCUT2D eigenvalue weighted by atomic mass is 35.5. The zero-order chi connectivity index (χ0) is 21.2. The molecule has 2 heterocycles. The molecule has 13 heteroatoms. The summed E-state index contributed by atoms with van der Waals surface area (Å²) in [6, 6.07) is 3.71. The van der Waals surface area contributed by atoms with Crippen molar-refractivity contribution in [3.8, 4) is 0 Å². The van der Waals surface area contributed by atoms with E-state index >= 15 is 0 Å². The second-order valence-corrected chi connectivity index (χ2v) is 8.08. The standard InChI is InChI=1S/C16H13ClN4O7S/c17-11-2-3-12(13(7-11)21(24)25)18-15(22)9-28-16(23)10-1-4-14-19-29(26,27)6-5-20(14)8-10/h1-4,7-8H,5-6,9H2,(H,18,22). The monoisotopic (exact) mass is 440 g/mol. The molecule has 1 aromatic carbocycles. The Morgan fingerprint density at radius 3 is 2.83 bits per heavy atom. The van der Waals surface area contributed by atoms with Crippen LogP contribution in [0, 0.1) is 10.1 Å². The highest BCUT2D eigenvalue weighted by Gasteiger charge is 2.25. The van der Waals surface area contributed by atoms with E-state index in [4.69, 9.17) is 16.3 Å². The molecule has 29 heavy (non-hydrogen) atoms. The van der Waals surface area contributed by atoms with Crippen molar-refractivity contribution in [2.24, 2.45) is 4.40 Å². The van der Waals surface area contributed by atoms with Crippen molar-refractivity contribution in [1.29, 1.82) is 0 Å². The Kier molecular flexibility index (Phi) is 5.66. The minimum absolute atomic E-state index is 0.0902. The molecule has 0 fully saturated rings. The highest BCUT2D eigenvalue weighted by Crippen LogP contribution is 2.27. The van der Waals surface area contributed by atoms with Crippen molar-refractivity contribution >= 4 is 50.7 Å². The number of esters is 1. The minimum Gasteiger partial charge on any atom is -0.452 e. The summed E-state index contributed by atoms with van der Waals surface area (Å²) in [5.74, 6) is -1.61. The van der Waals surface area contributed by atoms with Crippen LogP contribution in [0.5, 0.6) is 0 Å². The predicted molar refractivity (Wildman–Crippen MR) is 103 cm³/mol. The van der Waals surface area contributed by atoms with E-state index in [0.717, 1.165) is 6.07 Å². The number of anilines is 1. The molecule has 0 aliphatic carbocycles. The Morgan fingerprint density at radius 1 is 1.34 bits per heavy atom. The van der Waals surface area contributed by atoms with E-state index in [-0.39, 0.29) is 34.4 Å². The van der Waals surface area contributed by atoms with Gasteiger partial charge in [0.2, 0.25) is 0 Å². The number of ether oxygens (including phenoxy) is 1. The number of rotatable bonds is 5. The average molecular weight is 441 g/mol. The van der Waals surface area contributed by atoms with Crippen molar-refractivity contribution in [2.75, 3.05) is 24.2 Å². The van der Waals surface area contributed by atoms with E-state index in [1.807, 2.05) is 0 Å². The molecule has 1 aromatic rings. The number of nitrogens with one attached hydrogen (secondary N) is 1. The molecule has 11 nitrogen and oxygen atoms in total. The largest absolute Gasteiger partial charge is 0.452 e. The van der Waals surface area contributed by atoms with Gasteiger partial charge in [-0.05, 0) is 24.3 Å².